The van der Waals surface area contributed by atoms with Crippen LogP contribution in [0.2, 0.25) is 0 Å². The molecular weight excluding hydrogens is 370 g/mol. The molecule has 0 saturated heterocycles. The van der Waals surface area contributed by atoms with Crippen LogP contribution in [0.15, 0.2) is 34.1 Å². The first-order valence-electron chi connectivity index (χ1n) is 6.18. The van der Waals surface area contributed by atoms with Crippen molar-refractivity contribution < 1.29 is 17.6 Å². The van der Waals surface area contributed by atoms with Gasteiger partial charge in [0.15, 0.2) is 0 Å². The highest BCUT2D eigenvalue weighted by Crippen LogP contribution is 2.38. The Morgan fingerprint density at radius 3 is 2.52 bits per heavy atom. The maximum absolute atomic E-state index is 14.3. The standard InChI is InChI=1S/C14H12BrF4NS/c1-2-20-12(13-10(15)6-7-21-13)8-4-3-5-9(11(8)16)14(17,18)19/h3-7,12,20H,2H2,1H3. The summed E-state index contributed by atoms with van der Waals surface area (Å²) in [6, 6.07) is 4.53. The number of rotatable bonds is 4. The monoisotopic (exact) mass is 381 g/mol. The van der Waals surface area contributed by atoms with Crippen molar-refractivity contribution in [3.63, 3.8) is 0 Å². The van der Waals surface area contributed by atoms with Crippen molar-refractivity contribution in [1.29, 1.82) is 0 Å². The largest absolute Gasteiger partial charge is 0.419 e. The molecule has 21 heavy (non-hydrogen) atoms. The summed E-state index contributed by atoms with van der Waals surface area (Å²) >= 11 is 4.70. The van der Waals surface area contributed by atoms with Gasteiger partial charge in [-0.15, -0.1) is 11.3 Å². The fraction of sp³-hybridized carbons (Fsp3) is 0.286. The van der Waals surface area contributed by atoms with Crippen LogP contribution < -0.4 is 5.32 Å². The van der Waals surface area contributed by atoms with Gasteiger partial charge in [0, 0.05) is 14.9 Å². The number of hydrogen-bond donors (Lipinski definition) is 1. The van der Waals surface area contributed by atoms with Gasteiger partial charge < -0.3 is 5.32 Å². The summed E-state index contributed by atoms with van der Waals surface area (Å²) in [5, 5.41) is 4.84. The molecular formula is C14H12BrF4NS. The lowest BCUT2D eigenvalue weighted by Gasteiger charge is -2.20. The second-order valence-corrected chi connectivity index (χ2v) is 6.13. The number of benzene rings is 1. The Kier molecular flexibility index (Phi) is 5.06. The summed E-state index contributed by atoms with van der Waals surface area (Å²) in [5.74, 6) is -1.23. The van der Waals surface area contributed by atoms with Gasteiger partial charge in [0.25, 0.3) is 0 Å². The molecule has 0 amide bonds. The van der Waals surface area contributed by atoms with E-state index in [1.54, 1.807) is 11.4 Å². The van der Waals surface area contributed by atoms with Crippen molar-refractivity contribution in [1.82, 2.24) is 5.32 Å². The van der Waals surface area contributed by atoms with Crippen molar-refractivity contribution in [3.8, 4) is 0 Å². The van der Waals surface area contributed by atoms with E-state index in [-0.39, 0.29) is 5.56 Å². The molecule has 0 fully saturated rings. The second-order valence-electron chi connectivity index (χ2n) is 4.33. The molecule has 1 aromatic carbocycles. The van der Waals surface area contributed by atoms with E-state index in [0.29, 0.717) is 6.54 Å². The van der Waals surface area contributed by atoms with Crippen LogP contribution in [-0.2, 0) is 6.18 Å². The summed E-state index contributed by atoms with van der Waals surface area (Å²) in [7, 11) is 0. The number of nitrogens with one attached hydrogen (secondary N) is 1. The lowest BCUT2D eigenvalue weighted by atomic mass is 10.0. The van der Waals surface area contributed by atoms with Crippen LogP contribution in [0.1, 0.15) is 29.0 Å². The Labute approximate surface area is 132 Å². The summed E-state index contributed by atoms with van der Waals surface area (Å²) in [6.45, 7) is 2.32. The van der Waals surface area contributed by atoms with Gasteiger partial charge in [-0.1, -0.05) is 19.1 Å². The molecule has 114 valence electrons. The Balaban J connectivity index is 2.54. The molecule has 0 bridgehead atoms. The first-order valence-corrected chi connectivity index (χ1v) is 7.85. The summed E-state index contributed by atoms with van der Waals surface area (Å²) in [6.07, 6.45) is -4.70. The Morgan fingerprint density at radius 1 is 1.29 bits per heavy atom. The molecule has 0 aliphatic heterocycles. The van der Waals surface area contributed by atoms with Gasteiger partial charge in [-0.25, -0.2) is 4.39 Å². The highest BCUT2D eigenvalue weighted by molar-refractivity contribution is 9.10. The van der Waals surface area contributed by atoms with E-state index in [9.17, 15) is 17.6 Å². The van der Waals surface area contributed by atoms with E-state index in [1.165, 1.54) is 23.5 Å². The van der Waals surface area contributed by atoms with E-state index in [2.05, 4.69) is 21.2 Å². The first kappa shape index (κ1) is 16.5. The molecule has 1 atom stereocenters. The number of thiophene rings is 1. The van der Waals surface area contributed by atoms with Crippen molar-refractivity contribution in [2.45, 2.75) is 19.1 Å². The van der Waals surface area contributed by atoms with Crippen molar-refractivity contribution in [2.75, 3.05) is 6.54 Å². The van der Waals surface area contributed by atoms with Crippen LogP contribution in [0, 0.1) is 5.82 Å². The molecule has 1 aromatic heterocycles. The van der Waals surface area contributed by atoms with Gasteiger partial charge >= 0.3 is 6.18 Å². The molecule has 0 radical (unpaired) electrons. The van der Waals surface area contributed by atoms with Crippen LogP contribution in [-0.4, -0.2) is 6.54 Å². The van der Waals surface area contributed by atoms with Gasteiger partial charge in [-0.05, 0) is 40.0 Å². The van der Waals surface area contributed by atoms with E-state index in [0.717, 1.165) is 15.4 Å². The SMILES string of the molecule is CCNC(c1cccc(C(F)(F)F)c1F)c1sccc1Br. The van der Waals surface area contributed by atoms with Crippen molar-refractivity contribution >= 4 is 27.3 Å². The summed E-state index contributed by atoms with van der Waals surface area (Å²) in [4.78, 5) is 0.745. The van der Waals surface area contributed by atoms with E-state index in [4.69, 9.17) is 0 Å². The van der Waals surface area contributed by atoms with Crippen LogP contribution in [0.5, 0.6) is 0 Å². The quantitative estimate of drug-likeness (QED) is 0.702. The third-order valence-electron chi connectivity index (χ3n) is 2.96. The molecule has 1 nitrogen and oxygen atoms in total. The Hall–Kier alpha value is -0.920. The maximum Gasteiger partial charge on any atom is 0.419 e. The first-order chi connectivity index (χ1) is 9.86. The maximum atomic E-state index is 14.3. The highest BCUT2D eigenvalue weighted by atomic mass is 79.9. The zero-order valence-electron chi connectivity index (χ0n) is 11.0. The molecule has 1 heterocycles. The van der Waals surface area contributed by atoms with Crippen molar-refractivity contribution in [2.24, 2.45) is 0 Å². The van der Waals surface area contributed by atoms with Gasteiger partial charge in [-0.3, -0.25) is 0 Å². The summed E-state index contributed by atoms with van der Waals surface area (Å²) in [5.41, 5.74) is -1.24. The lowest BCUT2D eigenvalue weighted by Crippen LogP contribution is -2.23. The van der Waals surface area contributed by atoms with Gasteiger partial charge in [-0.2, -0.15) is 13.2 Å². The smallest absolute Gasteiger partial charge is 0.306 e. The zero-order valence-corrected chi connectivity index (χ0v) is 13.4. The highest BCUT2D eigenvalue weighted by Gasteiger charge is 2.36. The fourth-order valence-corrected chi connectivity index (χ4v) is 3.75. The van der Waals surface area contributed by atoms with Crippen LogP contribution in [0.25, 0.3) is 0 Å². The van der Waals surface area contributed by atoms with Gasteiger partial charge in [0.05, 0.1) is 11.6 Å². The van der Waals surface area contributed by atoms with Crippen LogP contribution in [0.3, 0.4) is 0 Å². The molecule has 2 aromatic rings. The molecule has 2 rings (SSSR count). The normalized spacial score (nSPS) is 13.4. The van der Waals surface area contributed by atoms with Crippen LogP contribution in [0.4, 0.5) is 17.6 Å². The Morgan fingerprint density at radius 2 is 2.00 bits per heavy atom. The van der Waals surface area contributed by atoms with Gasteiger partial charge in [0.2, 0.25) is 0 Å². The average molecular weight is 382 g/mol. The second kappa shape index (κ2) is 6.46. The molecule has 0 aliphatic carbocycles. The summed E-state index contributed by atoms with van der Waals surface area (Å²) < 4.78 is 53.5. The minimum atomic E-state index is -4.70. The molecule has 7 heteroatoms. The predicted octanol–water partition coefficient (Wildman–Crippen LogP) is 5.37. The third kappa shape index (κ3) is 3.46. The molecule has 0 saturated carbocycles. The lowest BCUT2D eigenvalue weighted by molar-refractivity contribution is -0.140. The number of halogens is 5. The zero-order chi connectivity index (χ0) is 15.6. The van der Waals surface area contributed by atoms with Crippen molar-refractivity contribution in [3.05, 3.63) is 55.9 Å². The molecule has 0 aliphatic rings. The van der Waals surface area contributed by atoms with Crippen LogP contribution >= 0.6 is 27.3 Å². The minimum absolute atomic E-state index is 0.00479. The predicted molar refractivity (Wildman–Crippen MR) is 78.9 cm³/mol. The van der Waals surface area contributed by atoms with E-state index in [1.807, 2.05) is 6.92 Å². The topological polar surface area (TPSA) is 12.0 Å². The van der Waals surface area contributed by atoms with Gasteiger partial charge in [0.1, 0.15) is 5.82 Å². The third-order valence-corrected chi connectivity index (χ3v) is 4.90. The average Bonchev–Trinajstić information content (AvgIpc) is 2.81. The molecule has 1 N–H and O–H groups in total. The Bertz CT molecular complexity index is 624. The molecule has 1 unspecified atom stereocenters. The van der Waals surface area contributed by atoms with E-state index >= 15 is 0 Å². The fourth-order valence-electron chi connectivity index (χ4n) is 2.05. The molecule has 0 spiro atoms. The number of alkyl halides is 3. The minimum Gasteiger partial charge on any atom is -0.306 e. The van der Waals surface area contributed by atoms with E-state index < -0.39 is 23.6 Å². The number of hydrogen-bond acceptors (Lipinski definition) is 2.